The lowest BCUT2D eigenvalue weighted by Gasteiger charge is -2.25. The molecule has 4 N–H and O–H groups in total. The van der Waals surface area contributed by atoms with Crippen LogP contribution in [0.25, 0.3) is 0 Å². The van der Waals surface area contributed by atoms with Gasteiger partial charge in [-0.05, 0) is 41.7 Å². The van der Waals surface area contributed by atoms with E-state index in [1.807, 2.05) is 42.5 Å². The summed E-state index contributed by atoms with van der Waals surface area (Å²) in [6, 6.07) is 15.0. The highest BCUT2D eigenvalue weighted by Gasteiger charge is 2.32. The van der Waals surface area contributed by atoms with Crippen molar-refractivity contribution in [1.29, 1.82) is 0 Å². The van der Waals surface area contributed by atoms with E-state index < -0.39 is 18.2 Å². The van der Waals surface area contributed by atoms with Crippen molar-refractivity contribution in [2.75, 3.05) is 26.9 Å². The molecule has 0 saturated carbocycles. The van der Waals surface area contributed by atoms with Crippen molar-refractivity contribution in [3.8, 4) is 5.75 Å². The van der Waals surface area contributed by atoms with Crippen molar-refractivity contribution in [3.63, 3.8) is 0 Å². The Kier molecular flexibility index (Phi) is 8.67. The lowest BCUT2D eigenvalue weighted by molar-refractivity contribution is 0.113. The average Bonchev–Trinajstić information content (AvgIpc) is 3.14. The molecule has 0 aromatic heterocycles. The van der Waals surface area contributed by atoms with Gasteiger partial charge in [-0.15, -0.1) is 6.58 Å². The Labute approximate surface area is 189 Å². The molecule has 0 radical (unpaired) electrons. The molecule has 2 aromatic rings. The van der Waals surface area contributed by atoms with Crippen LogP contribution < -0.4 is 15.4 Å². The predicted molar refractivity (Wildman–Crippen MR) is 123 cm³/mol. The van der Waals surface area contributed by atoms with Crippen LogP contribution in [0.4, 0.5) is 4.79 Å². The molecule has 0 spiro atoms. The summed E-state index contributed by atoms with van der Waals surface area (Å²) in [7, 11) is 1.64. The van der Waals surface area contributed by atoms with Gasteiger partial charge in [0, 0.05) is 18.5 Å². The van der Waals surface area contributed by atoms with Crippen LogP contribution in [0.1, 0.15) is 35.1 Å². The number of aliphatic hydroxyl groups excluding tert-OH is 1. The molecule has 7 nitrogen and oxygen atoms in total. The van der Waals surface area contributed by atoms with Crippen molar-refractivity contribution in [3.05, 3.63) is 77.9 Å². The zero-order valence-corrected chi connectivity index (χ0v) is 18.4. The van der Waals surface area contributed by atoms with Crippen LogP contribution in [0.5, 0.6) is 5.75 Å². The van der Waals surface area contributed by atoms with Crippen LogP contribution in [-0.4, -0.2) is 55.3 Å². The Morgan fingerprint density at radius 2 is 2.03 bits per heavy atom. The van der Waals surface area contributed by atoms with E-state index >= 15 is 0 Å². The SMILES string of the molecule is C=CCOC[C@@H]1C[C@H](NC[C@@H](O)C(Cc2ccccc2)NC(=O)O)c2cc(OC)ccc21. The van der Waals surface area contributed by atoms with Gasteiger partial charge < -0.3 is 30.3 Å². The highest BCUT2D eigenvalue weighted by Crippen LogP contribution is 2.42. The highest BCUT2D eigenvalue weighted by atomic mass is 16.5. The molecule has 3 rings (SSSR count). The van der Waals surface area contributed by atoms with E-state index in [4.69, 9.17) is 9.47 Å². The van der Waals surface area contributed by atoms with E-state index in [2.05, 4.69) is 23.3 Å². The number of benzene rings is 2. The molecule has 32 heavy (non-hydrogen) atoms. The number of hydrogen-bond acceptors (Lipinski definition) is 5. The number of carbonyl (C=O) groups is 1. The minimum atomic E-state index is -1.15. The Balaban J connectivity index is 1.68. The van der Waals surface area contributed by atoms with Crippen molar-refractivity contribution in [1.82, 2.24) is 10.6 Å². The smallest absolute Gasteiger partial charge is 0.404 e. The lowest BCUT2D eigenvalue weighted by atomic mass is 10.0. The number of amides is 1. The molecule has 172 valence electrons. The quantitative estimate of drug-likeness (QED) is 0.299. The summed E-state index contributed by atoms with van der Waals surface area (Å²) in [4.78, 5) is 11.3. The third-order valence-corrected chi connectivity index (χ3v) is 5.83. The molecule has 1 aliphatic rings. The van der Waals surface area contributed by atoms with Crippen molar-refractivity contribution >= 4 is 6.09 Å². The maximum atomic E-state index is 11.3. The summed E-state index contributed by atoms with van der Waals surface area (Å²) in [5.41, 5.74) is 3.28. The number of carboxylic acid groups (broad SMARTS) is 1. The van der Waals surface area contributed by atoms with Crippen LogP contribution in [0.3, 0.4) is 0 Å². The van der Waals surface area contributed by atoms with E-state index in [9.17, 15) is 15.0 Å². The molecule has 0 bridgehead atoms. The number of methoxy groups -OCH3 is 1. The number of fused-ring (bicyclic) bond motifs is 1. The summed E-state index contributed by atoms with van der Waals surface area (Å²) in [6.07, 6.45) is 0.917. The van der Waals surface area contributed by atoms with Gasteiger partial charge in [-0.25, -0.2) is 4.79 Å². The summed E-state index contributed by atoms with van der Waals surface area (Å²) >= 11 is 0. The molecule has 7 heteroatoms. The summed E-state index contributed by atoms with van der Waals surface area (Å²) in [6.45, 7) is 5.03. The number of hydrogen-bond donors (Lipinski definition) is 4. The Bertz CT molecular complexity index is 889. The molecule has 0 heterocycles. The van der Waals surface area contributed by atoms with Gasteiger partial charge in [0.1, 0.15) is 5.75 Å². The predicted octanol–water partition coefficient (Wildman–Crippen LogP) is 3.26. The van der Waals surface area contributed by atoms with Crippen LogP contribution in [0.15, 0.2) is 61.2 Å². The fourth-order valence-corrected chi connectivity index (χ4v) is 4.25. The molecule has 1 amide bonds. The van der Waals surface area contributed by atoms with E-state index in [1.54, 1.807) is 13.2 Å². The second kappa shape index (κ2) is 11.7. The second-order valence-corrected chi connectivity index (χ2v) is 8.03. The van der Waals surface area contributed by atoms with Gasteiger partial charge in [0.15, 0.2) is 0 Å². The first-order valence-corrected chi connectivity index (χ1v) is 10.8. The van der Waals surface area contributed by atoms with Gasteiger partial charge in [-0.2, -0.15) is 0 Å². The maximum absolute atomic E-state index is 11.3. The molecule has 1 unspecified atom stereocenters. The van der Waals surface area contributed by atoms with Gasteiger partial charge in [0.2, 0.25) is 0 Å². The molecular weight excluding hydrogens is 408 g/mol. The van der Waals surface area contributed by atoms with Gasteiger partial charge in [0.25, 0.3) is 0 Å². The zero-order valence-electron chi connectivity index (χ0n) is 18.4. The first-order chi connectivity index (χ1) is 15.5. The van der Waals surface area contributed by atoms with Gasteiger partial charge in [-0.1, -0.05) is 42.5 Å². The molecule has 4 atom stereocenters. The van der Waals surface area contributed by atoms with Crippen LogP contribution in [-0.2, 0) is 11.2 Å². The number of ether oxygens (including phenoxy) is 2. The van der Waals surface area contributed by atoms with Gasteiger partial charge in [-0.3, -0.25) is 0 Å². The van der Waals surface area contributed by atoms with Crippen molar-refractivity contribution < 1.29 is 24.5 Å². The fraction of sp³-hybridized carbons (Fsp3) is 0.400. The van der Waals surface area contributed by atoms with Crippen LogP contribution in [0, 0.1) is 0 Å². The topological polar surface area (TPSA) is 100 Å². The Morgan fingerprint density at radius 3 is 2.72 bits per heavy atom. The van der Waals surface area contributed by atoms with Crippen molar-refractivity contribution in [2.24, 2.45) is 0 Å². The normalized spacial score (nSPS) is 19.1. The molecule has 0 saturated heterocycles. The van der Waals surface area contributed by atoms with Crippen LogP contribution in [0.2, 0.25) is 0 Å². The third-order valence-electron chi connectivity index (χ3n) is 5.83. The van der Waals surface area contributed by atoms with Gasteiger partial charge >= 0.3 is 6.09 Å². The number of aliphatic hydroxyl groups is 1. The fourth-order valence-electron chi connectivity index (χ4n) is 4.25. The monoisotopic (exact) mass is 440 g/mol. The first kappa shape index (κ1) is 23.8. The summed E-state index contributed by atoms with van der Waals surface area (Å²) in [5.74, 6) is 1.00. The maximum Gasteiger partial charge on any atom is 0.404 e. The van der Waals surface area contributed by atoms with E-state index in [0.29, 0.717) is 19.6 Å². The van der Waals surface area contributed by atoms with E-state index in [1.165, 1.54) is 5.56 Å². The minimum Gasteiger partial charge on any atom is -0.497 e. The largest absolute Gasteiger partial charge is 0.497 e. The minimum absolute atomic E-state index is 0.00860. The van der Waals surface area contributed by atoms with Crippen molar-refractivity contribution in [2.45, 2.75) is 36.9 Å². The molecule has 1 aliphatic carbocycles. The Hall–Kier alpha value is -2.87. The summed E-state index contributed by atoms with van der Waals surface area (Å²) < 4.78 is 11.1. The standard InChI is InChI=1S/C25H32N2O5/c1-3-11-32-16-18-13-22(21-14-19(31-2)9-10-20(18)21)26-15-24(28)23(27-25(29)30)12-17-7-5-4-6-8-17/h3-10,14,18,22-24,26-28H,1,11-13,15-16H2,2H3,(H,29,30)/t18-,22-,23?,24+/m0/s1. The third kappa shape index (κ3) is 6.32. The second-order valence-electron chi connectivity index (χ2n) is 8.03. The highest BCUT2D eigenvalue weighted by molar-refractivity contribution is 5.65. The number of nitrogens with one attached hydrogen (secondary N) is 2. The molecule has 0 fully saturated rings. The number of rotatable bonds is 12. The lowest BCUT2D eigenvalue weighted by Crippen LogP contribution is -2.48. The van der Waals surface area contributed by atoms with E-state index in [-0.39, 0.29) is 18.5 Å². The van der Waals surface area contributed by atoms with Gasteiger partial charge in [0.05, 0.1) is 32.5 Å². The Morgan fingerprint density at radius 1 is 1.25 bits per heavy atom. The van der Waals surface area contributed by atoms with E-state index in [0.717, 1.165) is 23.3 Å². The molecular formula is C25H32N2O5. The molecule has 0 aliphatic heterocycles. The molecule has 2 aromatic carbocycles. The average molecular weight is 441 g/mol. The zero-order chi connectivity index (χ0) is 22.9. The summed E-state index contributed by atoms with van der Waals surface area (Å²) in [5, 5.41) is 26.0. The first-order valence-electron chi connectivity index (χ1n) is 10.8. The van der Waals surface area contributed by atoms with Crippen LogP contribution >= 0.6 is 0 Å².